The van der Waals surface area contributed by atoms with E-state index in [0.717, 1.165) is 43.3 Å². The highest BCUT2D eigenvalue weighted by molar-refractivity contribution is 7.89. The predicted octanol–water partition coefficient (Wildman–Crippen LogP) is 4.56. The summed E-state index contributed by atoms with van der Waals surface area (Å²) >= 11 is 0. The van der Waals surface area contributed by atoms with Gasteiger partial charge in [-0.15, -0.1) is 5.06 Å². The Kier molecular flexibility index (Phi) is 12.4. The second-order valence-corrected chi connectivity index (χ2v) is 15.7. The van der Waals surface area contributed by atoms with Crippen LogP contribution in [0.5, 0.6) is 0 Å². The molecule has 3 aliphatic rings. The third-order valence-corrected chi connectivity index (χ3v) is 11.7. The van der Waals surface area contributed by atoms with E-state index in [-0.39, 0.29) is 36.3 Å². The van der Waals surface area contributed by atoms with E-state index in [0.29, 0.717) is 52.2 Å². The van der Waals surface area contributed by atoms with Gasteiger partial charge < -0.3 is 14.2 Å². The van der Waals surface area contributed by atoms with Crippen molar-refractivity contribution in [1.29, 1.82) is 0 Å². The summed E-state index contributed by atoms with van der Waals surface area (Å²) in [7, 11) is -9.17. The van der Waals surface area contributed by atoms with Crippen LogP contribution in [0.15, 0.2) is 68.8 Å². The van der Waals surface area contributed by atoms with E-state index >= 15 is 0 Å². The smallest absolute Gasteiger partial charge is 0.333 e. The van der Waals surface area contributed by atoms with Crippen LogP contribution in [0.1, 0.15) is 66.2 Å². The van der Waals surface area contributed by atoms with Crippen molar-refractivity contribution in [2.24, 2.45) is 0 Å². The number of fused-ring (bicyclic) bond motifs is 2. The van der Waals surface area contributed by atoms with Crippen LogP contribution in [0.4, 0.5) is 5.69 Å². The molecule has 2 amide bonds. The van der Waals surface area contributed by atoms with Gasteiger partial charge in [-0.2, -0.15) is 8.42 Å². The summed E-state index contributed by atoms with van der Waals surface area (Å²) in [6.45, 7) is 11.2. The first kappa shape index (κ1) is 39.6. The third kappa shape index (κ3) is 8.78. The van der Waals surface area contributed by atoms with Gasteiger partial charge >= 0.3 is 5.97 Å². The van der Waals surface area contributed by atoms with Crippen molar-refractivity contribution in [3.8, 4) is 22.5 Å². The fourth-order valence-electron chi connectivity index (χ4n) is 6.48. The number of unbranched alkanes of at least 4 members (excludes halogenated alkanes) is 2. The Balaban J connectivity index is 1.45. The van der Waals surface area contributed by atoms with Gasteiger partial charge in [-0.1, -0.05) is 12.5 Å². The molecule has 0 atom stereocenters. The maximum Gasteiger partial charge on any atom is 0.333 e. The largest absolute Gasteiger partial charge is 0.456 e. The van der Waals surface area contributed by atoms with E-state index in [1.807, 2.05) is 64.1 Å². The minimum absolute atomic E-state index is 0.00700. The molecule has 0 aromatic heterocycles. The van der Waals surface area contributed by atoms with Gasteiger partial charge in [-0.05, 0) is 70.9 Å². The van der Waals surface area contributed by atoms with Crippen LogP contribution in [0, 0.1) is 0 Å². The minimum atomic E-state index is -4.95. The topological polar surface area (TPSA) is 184 Å². The highest BCUT2D eigenvalue weighted by Gasteiger charge is 2.33. The number of carbonyl (C=O) groups is 3. The Morgan fingerprint density at radius 2 is 1.57 bits per heavy atom. The monoisotopic (exact) mass is 769 g/mol. The Morgan fingerprint density at radius 3 is 2.21 bits per heavy atom. The summed E-state index contributed by atoms with van der Waals surface area (Å²) in [6.07, 6.45) is 0.969. The first-order valence-corrected chi connectivity index (χ1v) is 20.7. The molecule has 0 spiro atoms. The van der Waals surface area contributed by atoms with Crippen LogP contribution in [0.3, 0.4) is 0 Å². The van der Waals surface area contributed by atoms with E-state index in [2.05, 4.69) is 14.2 Å². The average Bonchev–Trinajstić information content (AvgIpc) is 3.44. The summed E-state index contributed by atoms with van der Waals surface area (Å²) < 4.78 is 74.2. The summed E-state index contributed by atoms with van der Waals surface area (Å²) in [4.78, 5) is 41.3. The molecule has 0 unspecified atom stereocenters. The molecule has 16 heteroatoms. The molecule has 1 aliphatic carbocycles. The molecule has 0 bridgehead atoms. The Hall–Kier alpha value is -4.64. The number of anilines is 1. The SMILES string of the molecule is CCN(CC)c1ccc2c(-c3ccc(S(=O)(=O)NCCCCCC(=O)ON4C(=O)CCC4=O)cc3S(=O)(=O)O)c3ccc(=[N+](CC)CC)cc-3oc2c1. The van der Waals surface area contributed by atoms with Crippen molar-refractivity contribution < 1.29 is 45.0 Å². The number of carbonyl (C=O) groups excluding carboxylic acids is 3. The van der Waals surface area contributed by atoms with Crippen molar-refractivity contribution >= 4 is 54.6 Å². The van der Waals surface area contributed by atoms with Crippen LogP contribution < -0.4 is 19.6 Å². The zero-order valence-electron chi connectivity index (χ0n) is 30.3. The van der Waals surface area contributed by atoms with E-state index in [4.69, 9.17) is 9.25 Å². The highest BCUT2D eigenvalue weighted by Crippen LogP contribution is 2.43. The number of sulfonamides is 1. The second kappa shape index (κ2) is 16.6. The van der Waals surface area contributed by atoms with Crippen LogP contribution in [-0.2, 0) is 39.4 Å². The zero-order valence-corrected chi connectivity index (χ0v) is 31.9. The molecule has 5 rings (SSSR count). The molecule has 14 nitrogen and oxygen atoms in total. The number of amides is 2. The summed E-state index contributed by atoms with van der Waals surface area (Å²) in [5.41, 5.74) is 2.53. The summed E-state index contributed by atoms with van der Waals surface area (Å²) in [6, 6.07) is 14.9. The lowest BCUT2D eigenvalue weighted by Crippen LogP contribution is -2.31. The van der Waals surface area contributed by atoms with Gasteiger partial charge in [0.05, 0.1) is 11.0 Å². The lowest BCUT2D eigenvalue weighted by atomic mass is 9.93. The van der Waals surface area contributed by atoms with Crippen LogP contribution in [0.25, 0.3) is 33.4 Å². The molecule has 2 N–H and O–H groups in total. The van der Waals surface area contributed by atoms with Crippen LogP contribution in [0.2, 0.25) is 0 Å². The number of hydroxylamine groups is 2. The molecule has 53 heavy (non-hydrogen) atoms. The molecule has 0 radical (unpaired) electrons. The molecule has 1 fully saturated rings. The van der Waals surface area contributed by atoms with E-state index in [1.54, 1.807) is 0 Å². The van der Waals surface area contributed by atoms with Crippen molar-refractivity contribution in [1.82, 2.24) is 14.4 Å². The van der Waals surface area contributed by atoms with Crippen molar-refractivity contribution in [2.75, 3.05) is 37.6 Å². The van der Waals surface area contributed by atoms with Crippen molar-refractivity contribution in [3.05, 3.63) is 60.0 Å². The molecule has 0 saturated carbocycles. The third-order valence-electron chi connectivity index (χ3n) is 9.31. The number of rotatable bonds is 16. The van der Waals surface area contributed by atoms with E-state index in [9.17, 15) is 35.8 Å². The fourth-order valence-corrected chi connectivity index (χ4v) is 8.38. The first-order chi connectivity index (χ1) is 25.2. The maximum absolute atomic E-state index is 13.3. The normalized spacial score (nSPS) is 13.6. The number of imide groups is 1. The number of hydrogen-bond acceptors (Lipinski definition) is 10. The molecule has 2 heterocycles. The van der Waals surface area contributed by atoms with Gasteiger partial charge in [0.25, 0.3) is 21.9 Å². The lowest BCUT2D eigenvalue weighted by molar-refractivity contribution is -0.197. The Bertz CT molecular complexity index is 2280. The van der Waals surface area contributed by atoms with Crippen molar-refractivity contribution in [3.63, 3.8) is 0 Å². The predicted molar refractivity (Wildman–Crippen MR) is 199 cm³/mol. The average molecular weight is 770 g/mol. The first-order valence-electron chi connectivity index (χ1n) is 17.7. The van der Waals surface area contributed by atoms with Gasteiger partial charge in [-0.3, -0.25) is 14.1 Å². The molecular weight excluding hydrogens is 725 g/mol. The molecule has 1 saturated heterocycles. The van der Waals surface area contributed by atoms with E-state index in [1.165, 1.54) is 12.1 Å². The second-order valence-electron chi connectivity index (χ2n) is 12.6. The van der Waals surface area contributed by atoms with Gasteiger partial charge in [0.1, 0.15) is 29.3 Å². The van der Waals surface area contributed by atoms with Crippen LogP contribution >= 0.6 is 0 Å². The van der Waals surface area contributed by atoms with Gasteiger partial charge in [0.2, 0.25) is 15.4 Å². The molecule has 2 aliphatic heterocycles. The molecule has 2 aromatic rings. The van der Waals surface area contributed by atoms with E-state index < -0.39 is 42.8 Å². The van der Waals surface area contributed by atoms with Crippen LogP contribution in [-0.4, -0.2) is 77.0 Å². The van der Waals surface area contributed by atoms with Gasteiger partial charge in [0, 0.05) is 78.8 Å². The molecular formula is C37H45N4O10S2+. The number of nitrogens with one attached hydrogen (secondary N) is 1. The Labute approximate surface area is 309 Å². The zero-order chi connectivity index (χ0) is 38.5. The van der Waals surface area contributed by atoms with Gasteiger partial charge in [-0.25, -0.2) is 22.5 Å². The standard InChI is InChI=1S/C37H44N4O10S2/c1-5-39(6-2)25-13-16-28-31(22-25)50-32-23-26(40(7-3)8-4)14-17-29(32)37(28)30-18-15-27(24-33(30)53(47,48)49)52(45,46)38-21-11-9-10-12-36(44)51-41-34(42)19-20-35(41)43/h13-18,22-24,38H,5-12,19-21H2,1-4H3/p+1. The quantitative estimate of drug-likeness (QED) is 0.0536. The summed E-state index contributed by atoms with van der Waals surface area (Å²) in [5.74, 6) is -1.40. The van der Waals surface area contributed by atoms with Crippen molar-refractivity contribution in [2.45, 2.75) is 76.0 Å². The number of benzene rings is 3. The Morgan fingerprint density at radius 1 is 0.887 bits per heavy atom. The number of hydrogen-bond donors (Lipinski definition) is 2. The highest BCUT2D eigenvalue weighted by atomic mass is 32.2. The number of nitrogens with zero attached hydrogens (tertiary/aromatic N) is 3. The summed E-state index contributed by atoms with van der Waals surface area (Å²) in [5, 5.41) is 1.96. The molecule has 2 aromatic carbocycles. The fraction of sp³-hybridized carbons (Fsp3) is 0.405. The minimum Gasteiger partial charge on any atom is -0.456 e. The maximum atomic E-state index is 13.3. The van der Waals surface area contributed by atoms with Gasteiger partial charge in [0.15, 0.2) is 0 Å². The molecule has 284 valence electrons. The lowest BCUT2D eigenvalue weighted by Gasteiger charge is -2.22.